The fourth-order valence-electron chi connectivity index (χ4n) is 4.50. The zero-order chi connectivity index (χ0) is 23.8. The van der Waals surface area contributed by atoms with Crippen molar-refractivity contribution in [2.45, 2.75) is 39.3 Å². The number of rotatable bonds is 3. The lowest BCUT2D eigenvalue weighted by molar-refractivity contribution is 0.0953. The molecule has 0 bridgehead atoms. The van der Waals surface area contributed by atoms with Crippen LogP contribution in [-0.2, 0) is 11.3 Å². The summed E-state index contributed by atoms with van der Waals surface area (Å²) < 4.78 is 9.26. The standard InChI is InChI=1S/C27H24N4O3/c1-17-7-9-19(10-8-17)26(32)29-25-20(15-28)13-22-24(31(25)16-21-6-4-12-34-21)14-23-18(2)5-3-11-30(23)27(22)33/h3,5,7-11,13-14,21H,4,6,12,16H2,1-2H3. The van der Waals surface area contributed by atoms with Gasteiger partial charge in [-0.25, -0.2) is 0 Å². The van der Waals surface area contributed by atoms with E-state index in [0.29, 0.717) is 29.6 Å². The lowest BCUT2D eigenvalue weighted by atomic mass is 10.1. The van der Waals surface area contributed by atoms with E-state index in [9.17, 15) is 14.9 Å². The molecule has 170 valence electrons. The molecule has 0 N–H and O–H groups in total. The van der Waals surface area contributed by atoms with Crippen molar-refractivity contribution in [3.63, 3.8) is 0 Å². The second-order valence-corrected chi connectivity index (χ2v) is 8.72. The molecule has 1 aromatic carbocycles. The number of pyridine rings is 3. The Morgan fingerprint density at radius 1 is 1.18 bits per heavy atom. The molecular formula is C27H24N4O3. The lowest BCUT2D eigenvalue weighted by Gasteiger charge is -2.18. The summed E-state index contributed by atoms with van der Waals surface area (Å²) in [6.45, 7) is 4.96. The van der Waals surface area contributed by atoms with Crippen LogP contribution in [-0.4, -0.2) is 27.6 Å². The predicted molar refractivity (Wildman–Crippen MR) is 129 cm³/mol. The second-order valence-electron chi connectivity index (χ2n) is 8.72. The van der Waals surface area contributed by atoms with Crippen molar-refractivity contribution >= 4 is 22.3 Å². The van der Waals surface area contributed by atoms with Crippen LogP contribution in [0, 0.1) is 25.2 Å². The number of carbonyl (C=O) groups is 1. The first-order chi connectivity index (χ1) is 16.5. The number of fused-ring (bicyclic) bond motifs is 2. The molecule has 3 aromatic heterocycles. The molecule has 34 heavy (non-hydrogen) atoms. The van der Waals surface area contributed by atoms with E-state index in [2.05, 4.69) is 11.1 Å². The number of amides is 1. The third-order valence-electron chi connectivity index (χ3n) is 6.36. The van der Waals surface area contributed by atoms with Crippen molar-refractivity contribution in [3.05, 3.63) is 92.8 Å². The zero-order valence-corrected chi connectivity index (χ0v) is 19.1. The number of nitrogens with zero attached hydrogens (tertiary/aromatic N) is 4. The highest BCUT2D eigenvalue weighted by Crippen LogP contribution is 2.20. The molecule has 1 atom stereocenters. The fourth-order valence-corrected chi connectivity index (χ4v) is 4.50. The Bertz CT molecular complexity index is 1600. The number of aromatic nitrogens is 2. The summed E-state index contributed by atoms with van der Waals surface area (Å²) in [6, 6.07) is 16.5. The largest absolute Gasteiger partial charge is 0.376 e. The maximum atomic E-state index is 13.4. The van der Waals surface area contributed by atoms with Gasteiger partial charge in [-0.1, -0.05) is 23.8 Å². The highest BCUT2D eigenvalue weighted by molar-refractivity contribution is 5.95. The van der Waals surface area contributed by atoms with E-state index < -0.39 is 5.91 Å². The molecule has 0 radical (unpaired) electrons. The quantitative estimate of drug-likeness (QED) is 0.444. The average Bonchev–Trinajstić information content (AvgIpc) is 3.35. The van der Waals surface area contributed by atoms with Crippen LogP contribution in [0.15, 0.2) is 64.5 Å². The minimum Gasteiger partial charge on any atom is -0.376 e. The molecule has 7 nitrogen and oxygen atoms in total. The van der Waals surface area contributed by atoms with Crippen molar-refractivity contribution in [1.82, 2.24) is 8.97 Å². The van der Waals surface area contributed by atoms with Crippen LogP contribution in [0.1, 0.15) is 39.9 Å². The van der Waals surface area contributed by atoms with Gasteiger partial charge >= 0.3 is 0 Å². The molecule has 0 spiro atoms. The molecule has 4 aromatic rings. The van der Waals surface area contributed by atoms with Gasteiger partial charge in [-0.2, -0.15) is 10.3 Å². The van der Waals surface area contributed by atoms with Gasteiger partial charge < -0.3 is 9.30 Å². The third kappa shape index (κ3) is 3.82. The molecule has 0 saturated carbocycles. The fraction of sp³-hybridized carbons (Fsp3) is 0.259. The summed E-state index contributed by atoms with van der Waals surface area (Å²) in [4.78, 5) is 30.9. The zero-order valence-electron chi connectivity index (χ0n) is 19.1. The maximum absolute atomic E-state index is 13.4. The van der Waals surface area contributed by atoms with Gasteiger partial charge in [-0.3, -0.25) is 14.0 Å². The molecule has 7 heteroatoms. The summed E-state index contributed by atoms with van der Waals surface area (Å²) in [7, 11) is 0. The minimum atomic E-state index is -0.439. The van der Waals surface area contributed by atoms with Gasteiger partial charge in [0.25, 0.3) is 11.5 Å². The van der Waals surface area contributed by atoms with Crippen LogP contribution in [0.2, 0.25) is 0 Å². The maximum Gasteiger partial charge on any atom is 0.278 e. The van der Waals surface area contributed by atoms with Crippen molar-refractivity contribution in [2.24, 2.45) is 4.99 Å². The van der Waals surface area contributed by atoms with E-state index in [0.717, 1.165) is 29.5 Å². The topological polar surface area (TPSA) is 88.9 Å². The predicted octanol–water partition coefficient (Wildman–Crippen LogP) is 3.66. The Morgan fingerprint density at radius 3 is 2.68 bits per heavy atom. The van der Waals surface area contributed by atoms with E-state index >= 15 is 0 Å². The Labute approximate surface area is 196 Å². The summed E-state index contributed by atoms with van der Waals surface area (Å²) >= 11 is 0. The average molecular weight is 453 g/mol. The van der Waals surface area contributed by atoms with E-state index in [-0.39, 0.29) is 22.7 Å². The molecule has 5 rings (SSSR count). The third-order valence-corrected chi connectivity index (χ3v) is 6.36. The Hall–Kier alpha value is -4.02. The van der Waals surface area contributed by atoms with Gasteiger partial charge in [0.1, 0.15) is 6.07 Å². The van der Waals surface area contributed by atoms with Crippen molar-refractivity contribution < 1.29 is 9.53 Å². The summed E-state index contributed by atoms with van der Waals surface area (Å²) in [6.07, 6.45) is 3.45. The smallest absolute Gasteiger partial charge is 0.278 e. The Balaban J connectivity index is 1.84. The molecule has 0 aliphatic carbocycles. The number of nitriles is 1. The molecule has 1 fully saturated rings. The van der Waals surface area contributed by atoms with Crippen LogP contribution < -0.4 is 11.0 Å². The molecular weight excluding hydrogens is 428 g/mol. The van der Waals surface area contributed by atoms with E-state index in [4.69, 9.17) is 4.74 Å². The highest BCUT2D eigenvalue weighted by Gasteiger charge is 2.21. The minimum absolute atomic E-state index is 0.0825. The van der Waals surface area contributed by atoms with Crippen molar-refractivity contribution in [2.75, 3.05) is 6.61 Å². The molecule has 1 unspecified atom stereocenters. The van der Waals surface area contributed by atoms with Gasteiger partial charge in [0.15, 0.2) is 5.49 Å². The highest BCUT2D eigenvalue weighted by atomic mass is 16.5. The van der Waals surface area contributed by atoms with Crippen LogP contribution in [0.5, 0.6) is 0 Å². The normalized spacial score (nSPS) is 16.3. The molecule has 4 heterocycles. The van der Waals surface area contributed by atoms with Crippen LogP contribution in [0.25, 0.3) is 16.4 Å². The first-order valence-electron chi connectivity index (χ1n) is 11.3. The number of ether oxygens (including phenoxy) is 1. The number of hydrogen-bond donors (Lipinski definition) is 0. The number of hydrogen-bond acceptors (Lipinski definition) is 4. The van der Waals surface area contributed by atoms with E-state index in [1.54, 1.807) is 28.8 Å². The van der Waals surface area contributed by atoms with E-state index in [1.807, 2.05) is 48.7 Å². The number of carbonyl (C=O) groups excluding carboxylic acids is 1. The molecule has 1 saturated heterocycles. The van der Waals surface area contributed by atoms with Crippen molar-refractivity contribution in [3.8, 4) is 6.07 Å². The molecule has 1 amide bonds. The van der Waals surface area contributed by atoms with Gasteiger partial charge in [0.2, 0.25) is 0 Å². The molecule has 1 aliphatic heterocycles. The van der Waals surface area contributed by atoms with Gasteiger partial charge in [-0.15, -0.1) is 0 Å². The lowest BCUT2D eigenvalue weighted by Crippen LogP contribution is -2.32. The van der Waals surface area contributed by atoms with Gasteiger partial charge in [-0.05, 0) is 62.6 Å². The Kier molecular flexibility index (Phi) is 5.60. The summed E-state index contributed by atoms with van der Waals surface area (Å²) in [5.41, 5.74) is 4.02. The first-order valence-corrected chi connectivity index (χ1v) is 11.3. The monoisotopic (exact) mass is 452 g/mol. The number of benzene rings is 1. The van der Waals surface area contributed by atoms with Gasteiger partial charge in [0.05, 0.1) is 34.6 Å². The van der Waals surface area contributed by atoms with Gasteiger partial charge in [0, 0.05) is 18.4 Å². The molecule has 1 aliphatic rings. The van der Waals surface area contributed by atoms with E-state index in [1.165, 1.54) is 0 Å². The first kappa shape index (κ1) is 21.8. The summed E-state index contributed by atoms with van der Waals surface area (Å²) in [5.74, 6) is -0.439. The summed E-state index contributed by atoms with van der Waals surface area (Å²) in [5, 5.41) is 10.4. The SMILES string of the molecule is Cc1ccc(C(=O)N=c2c(C#N)cc3c(=O)n4cccc(C)c4cc3n2CC2CCCO2)cc1. The number of aryl methyl sites for hydroxylation is 2. The Morgan fingerprint density at radius 2 is 1.97 bits per heavy atom. The van der Waals surface area contributed by atoms with Crippen molar-refractivity contribution in [1.29, 1.82) is 5.26 Å². The van der Waals surface area contributed by atoms with Crippen LogP contribution in [0.4, 0.5) is 0 Å². The van der Waals surface area contributed by atoms with Crippen LogP contribution >= 0.6 is 0 Å². The second kappa shape index (κ2) is 8.73. The van der Waals surface area contributed by atoms with Crippen LogP contribution in [0.3, 0.4) is 0 Å².